The Bertz CT molecular complexity index is 174. The van der Waals surface area contributed by atoms with Crippen molar-refractivity contribution in [3.63, 3.8) is 0 Å². The normalized spacial score (nSPS) is 11.9. The van der Waals surface area contributed by atoms with Crippen molar-refractivity contribution in [1.82, 2.24) is 0 Å². The second-order valence-electron chi connectivity index (χ2n) is 4.22. The van der Waals surface area contributed by atoms with Crippen LogP contribution in [0.3, 0.4) is 0 Å². The van der Waals surface area contributed by atoms with Gasteiger partial charge in [-0.1, -0.05) is 57.8 Å². The average molecular weight is 210 g/mol. The summed E-state index contributed by atoms with van der Waals surface area (Å²) >= 11 is 0. The zero-order valence-corrected chi connectivity index (χ0v) is 10.4. The van der Waals surface area contributed by atoms with Crippen molar-refractivity contribution in [2.75, 3.05) is 0 Å². The van der Waals surface area contributed by atoms with Crippen LogP contribution in [0.1, 0.15) is 71.6 Å². The van der Waals surface area contributed by atoms with Gasteiger partial charge >= 0.3 is 0 Å². The Morgan fingerprint density at radius 2 is 1.47 bits per heavy atom. The van der Waals surface area contributed by atoms with Crippen molar-refractivity contribution >= 4 is 0 Å². The fourth-order valence-electron chi connectivity index (χ4n) is 1.57. The monoisotopic (exact) mass is 210 g/mol. The van der Waals surface area contributed by atoms with E-state index in [1.807, 2.05) is 0 Å². The van der Waals surface area contributed by atoms with Crippen molar-refractivity contribution in [3.8, 4) is 11.8 Å². The van der Waals surface area contributed by atoms with Crippen LogP contribution < -0.4 is 0 Å². The third-order valence-electron chi connectivity index (χ3n) is 2.47. The lowest BCUT2D eigenvalue weighted by atomic mass is 10.1. The molecule has 15 heavy (non-hydrogen) atoms. The fourth-order valence-corrected chi connectivity index (χ4v) is 1.57. The summed E-state index contributed by atoms with van der Waals surface area (Å²) in [5.41, 5.74) is 0. The Balaban J connectivity index is 3.03. The summed E-state index contributed by atoms with van der Waals surface area (Å²) in [6, 6.07) is 0. The molecule has 0 spiro atoms. The van der Waals surface area contributed by atoms with Gasteiger partial charge in [-0.3, -0.25) is 0 Å². The van der Waals surface area contributed by atoms with Gasteiger partial charge < -0.3 is 5.11 Å². The summed E-state index contributed by atoms with van der Waals surface area (Å²) in [7, 11) is 0. The van der Waals surface area contributed by atoms with Gasteiger partial charge in [0.25, 0.3) is 0 Å². The molecule has 0 saturated carbocycles. The van der Waals surface area contributed by atoms with Crippen LogP contribution >= 0.6 is 0 Å². The van der Waals surface area contributed by atoms with Crippen molar-refractivity contribution < 1.29 is 5.11 Å². The molecule has 0 aromatic carbocycles. The summed E-state index contributed by atoms with van der Waals surface area (Å²) in [5.74, 6) is 5.77. The van der Waals surface area contributed by atoms with Crippen molar-refractivity contribution in [2.24, 2.45) is 0 Å². The molecule has 88 valence electrons. The molecule has 0 aliphatic heterocycles. The largest absolute Gasteiger partial charge is 0.381 e. The van der Waals surface area contributed by atoms with Crippen molar-refractivity contribution in [1.29, 1.82) is 0 Å². The Hall–Kier alpha value is -0.480. The minimum atomic E-state index is -0.459. The molecular formula is C14H26O. The molecule has 0 fully saturated rings. The van der Waals surface area contributed by atoms with Crippen molar-refractivity contribution in [3.05, 3.63) is 0 Å². The molecule has 0 rings (SSSR count). The van der Waals surface area contributed by atoms with E-state index in [1.54, 1.807) is 6.92 Å². The number of hydrogen-bond donors (Lipinski definition) is 1. The van der Waals surface area contributed by atoms with Gasteiger partial charge in [-0.05, 0) is 13.3 Å². The Kier molecular flexibility index (Phi) is 11.2. The van der Waals surface area contributed by atoms with E-state index in [0.717, 1.165) is 6.42 Å². The summed E-state index contributed by atoms with van der Waals surface area (Å²) in [6.45, 7) is 3.96. The second kappa shape index (κ2) is 11.6. The minimum absolute atomic E-state index is 0.459. The van der Waals surface area contributed by atoms with Gasteiger partial charge in [0.15, 0.2) is 0 Å². The maximum Gasteiger partial charge on any atom is 0.111 e. The maximum atomic E-state index is 8.90. The number of aliphatic hydroxyl groups excluding tert-OH is 1. The first-order chi connectivity index (χ1) is 7.27. The van der Waals surface area contributed by atoms with E-state index in [1.165, 1.54) is 51.4 Å². The first kappa shape index (κ1) is 14.5. The zero-order valence-electron chi connectivity index (χ0n) is 10.4. The predicted octanol–water partition coefficient (Wildman–Crippen LogP) is 3.90. The van der Waals surface area contributed by atoms with Gasteiger partial charge in [0, 0.05) is 6.42 Å². The standard InChI is InChI=1S/C14H26O/c1-3-4-5-6-7-8-9-10-11-12-13-14(2)15/h14-15H,3-11H2,1-2H3/t14-/m1/s1. The highest BCUT2D eigenvalue weighted by Gasteiger charge is 1.90. The van der Waals surface area contributed by atoms with Crippen LogP contribution in [0.15, 0.2) is 0 Å². The van der Waals surface area contributed by atoms with E-state index in [2.05, 4.69) is 18.8 Å². The van der Waals surface area contributed by atoms with Crippen LogP contribution in [-0.2, 0) is 0 Å². The van der Waals surface area contributed by atoms with Crippen LogP contribution in [0.5, 0.6) is 0 Å². The van der Waals surface area contributed by atoms with Crippen molar-refractivity contribution in [2.45, 2.75) is 77.7 Å². The molecule has 0 aliphatic rings. The molecule has 0 amide bonds. The highest BCUT2D eigenvalue weighted by molar-refractivity contribution is 5.02. The van der Waals surface area contributed by atoms with Gasteiger partial charge in [-0.15, -0.1) is 5.92 Å². The van der Waals surface area contributed by atoms with E-state index >= 15 is 0 Å². The first-order valence-electron chi connectivity index (χ1n) is 6.43. The molecule has 0 radical (unpaired) electrons. The van der Waals surface area contributed by atoms with Crippen LogP contribution in [0.2, 0.25) is 0 Å². The number of rotatable bonds is 8. The van der Waals surface area contributed by atoms with Gasteiger partial charge in [-0.25, -0.2) is 0 Å². The molecule has 1 heteroatoms. The average Bonchev–Trinajstić information content (AvgIpc) is 2.20. The van der Waals surface area contributed by atoms with E-state index in [4.69, 9.17) is 5.11 Å². The van der Waals surface area contributed by atoms with Crippen LogP contribution in [0, 0.1) is 11.8 Å². The van der Waals surface area contributed by atoms with E-state index in [9.17, 15) is 0 Å². The van der Waals surface area contributed by atoms with Crippen LogP contribution in [-0.4, -0.2) is 11.2 Å². The molecule has 1 nitrogen and oxygen atoms in total. The molecule has 0 saturated heterocycles. The fraction of sp³-hybridized carbons (Fsp3) is 0.857. The molecule has 0 heterocycles. The third-order valence-corrected chi connectivity index (χ3v) is 2.47. The van der Waals surface area contributed by atoms with Crippen LogP contribution in [0.4, 0.5) is 0 Å². The SMILES string of the molecule is CCCCCCCCCCC#C[C@@H](C)O. The lowest BCUT2D eigenvalue weighted by molar-refractivity contribution is 0.253. The number of aliphatic hydroxyl groups is 1. The lowest BCUT2D eigenvalue weighted by Crippen LogP contribution is -1.92. The summed E-state index contributed by atoms with van der Waals surface area (Å²) < 4.78 is 0. The molecule has 1 atom stereocenters. The third kappa shape index (κ3) is 13.5. The molecule has 0 unspecified atom stereocenters. The van der Waals surface area contributed by atoms with Gasteiger partial charge in [0.05, 0.1) is 0 Å². The maximum absolute atomic E-state index is 8.90. The zero-order chi connectivity index (χ0) is 11.4. The predicted molar refractivity (Wildman–Crippen MR) is 66.7 cm³/mol. The summed E-state index contributed by atoms with van der Waals surface area (Å²) in [5, 5.41) is 8.90. The Morgan fingerprint density at radius 3 is 2.00 bits per heavy atom. The topological polar surface area (TPSA) is 20.2 Å². The van der Waals surface area contributed by atoms with E-state index in [-0.39, 0.29) is 0 Å². The molecule has 0 aromatic heterocycles. The Labute approximate surface area is 95.3 Å². The quantitative estimate of drug-likeness (QED) is 0.476. The van der Waals surface area contributed by atoms with E-state index in [0.29, 0.717) is 0 Å². The van der Waals surface area contributed by atoms with Gasteiger partial charge in [0.2, 0.25) is 0 Å². The molecule has 1 N–H and O–H groups in total. The number of unbranched alkanes of at least 4 members (excludes halogenated alkanes) is 8. The molecule has 0 bridgehead atoms. The number of hydrogen-bond acceptors (Lipinski definition) is 1. The molecule has 0 aromatic rings. The van der Waals surface area contributed by atoms with E-state index < -0.39 is 6.10 Å². The summed E-state index contributed by atoms with van der Waals surface area (Å²) in [4.78, 5) is 0. The summed E-state index contributed by atoms with van der Waals surface area (Å²) in [6.07, 6.45) is 11.2. The van der Waals surface area contributed by atoms with Gasteiger partial charge in [0.1, 0.15) is 6.10 Å². The lowest BCUT2D eigenvalue weighted by Gasteiger charge is -1.99. The van der Waals surface area contributed by atoms with Gasteiger partial charge in [-0.2, -0.15) is 0 Å². The Morgan fingerprint density at radius 1 is 0.933 bits per heavy atom. The molecular weight excluding hydrogens is 184 g/mol. The second-order valence-corrected chi connectivity index (χ2v) is 4.22. The highest BCUT2D eigenvalue weighted by Crippen LogP contribution is 2.08. The minimum Gasteiger partial charge on any atom is -0.381 e. The smallest absolute Gasteiger partial charge is 0.111 e. The molecule has 0 aliphatic carbocycles. The van der Waals surface area contributed by atoms with Crippen LogP contribution in [0.25, 0.3) is 0 Å². The first-order valence-corrected chi connectivity index (χ1v) is 6.43. The highest BCUT2D eigenvalue weighted by atomic mass is 16.3.